The highest BCUT2D eigenvalue weighted by Gasteiger charge is 2.35. The van der Waals surface area contributed by atoms with Gasteiger partial charge in [-0.05, 0) is 43.3 Å². The summed E-state index contributed by atoms with van der Waals surface area (Å²) < 4.78 is 68.3. The van der Waals surface area contributed by atoms with E-state index >= 15 is 0 Å². The van der Waals surface area contributed by atoms with Gasteiger partial charge in [0.15, 0.2) is 0 Å². The first kappa shape index (κ1) is 26.7. The molecule has 0 aliphatic carbocycles. The number of sulfonamides is 1. The highest BCUT2D eigenvalue weighted by atomic mass is 79.9. The number of amides is 1. The lowest BCUT2D eigenvalue weighted by atomic mass is 10.2. The Morgan fingerprint density at radius 3 is 2.40 bits per heavy atom. The van der Waals surface area contributed by atoms with Gasteiger partial charge in [-0.15, -0.1) is 0 Å². The lowest BCUT2D eigenvalue weighted by Crippen LogP contribution is -2.39. The van der Waals surface area contributed by atoms with Crippen LogP contribution in [0.5, 0.6) is 0 Å². The maximum absolute atomic E-state index is 13.4. The number of hydrazone groups is 1. The predicted octanol–water partition coefficient (Wildman–Crippen LogP) is 5.78. The van der Waals surface area contributed by atoms with Crippen molar-refractivity contribution in [2.75, 3.05) is 10.8 Å². The molecule has 35 heavy (non-hydrogen) atoms. The number of benzene rings is 3. The van der Waals surface area contributed by atoms with Crippen LogP contribution >= 0.6 is 27.5 Å². The maximum Gasteiger partial charge on any atom is 0.417 e. The molecule has 184 valence electrons. The Balaban J connectivity index is 1.96. The number of aryl methyl sites for hydroxylation is 1. The molecule has 1 amide bonds. The molecule has 6 nitrogen and oxygen atoms in total. The van der Waals surface area contributed by atoms with Crippen molar-refractivity contribution >= 4 is 55.4 Å². The van der Waals surface area contributed by atoms with Crippen molar-refractivity contribution in [1.29, 1.82) is 0 Å². The van der Waals surface area contributed by atoms with Gasteiger partial charge < -0.3 is 0 Å². The van der Waals surface area contributed by atoms with Crippen LogP contribution in [-0.4, -0.2) is 27.1 Å². The van der Waals surface area contributed by atoms with Gasteiger partial charge in [0.05, 0.1) is 27.4 Å². The fraction of sp³-hybridized carbons (Fsp3) is 0.130. The largest absolute Gasteiger partial charge is 0.417 e. The number of anilines is 1. The highest BCUT2D eigenvalue weighted by Crippen LogP contribution is 2.38. The first-order valence-electron chi connectivity index (χ1n) is 9.92. The molecule has 0 aliphatic rings. The molecular formula is C23H18BrClF3N3O3S. The number of nitrogens with one attached hydrogen (secondary N) is 1. The molecule has 0 unspecified atom stereocenters. The molecule has 1 N–H and O–H groups in total. The third kappa shape index (κ3) is 6.62. The van der Waals surface area contributed by atoms with Gasteiger partial charge in [0.1, 0.15) is 6.54 Å². The molecule has 0 saturated carbocycles. The molecule has 0 radical (unpaired) electrons. The quantitative estimate of drug-likeness (QED) is 0.281. The third-order valence-corrected chi connectivity index (χ3v) is 7.58. The topological polar surface area (TPSA) is 78.8 Å². The van der Waals surface area contributed by atoms with Gasteiger partial charge in [-0.25, -0.2) is 13.8 Å². The normalized spacial score (nSPS) is 12.1. The molecule has 0 aliphatic heterocycles. The van der Waals surface area contributed by atoms with Gasteiger partial charge in [0.25, 0.3) is 15.9 Å². The van der Waals surface area contributed by atoms with Crippen LogP contribution in [0.15, 0.2) is 81.2 Å². The van der Waals surface area contributed by atoms with Crippen molar-refractivity contribution in [3.05, 3.63) is 92.9 Å². The Bertz CT molecular complexity index is 1360. The van der Waals surface area contributed by atoms with Crippen molar-refractivity contribution < 1.29 is 26.4 Å². The van der Waals surface area contributed by atoms with Crippen molar-refractivity contribution in [3.63, 3.8) is 0 Å². The average Bonchev–Trinajstić information content (AvgIpc) is 2.79. The number of rotatable bonds is 7. The van der Waals surface area contributed by atoms with Crippen molar-refractivity contribution in [2.45, 2.75) is 18.0 Å². The molecule has 0 heterocycles. The molecule has 0 atom stereocenters. The van der Waals surface area contributed by atoms with Crippen LogP contribution in [0, 0.1) is 6.92 Å². The zero-order valence-corrected chi connectivity index (χ0v) is 21.2. The summed E-state index contributed by atoms with van der Waals surface area (Å²) in [7, 11) is -4.42. The van der Waals surface area contributed by atoms with E-state index in [0.29, 0.717) is 20.4 Å². The molecule has 3 aromatic rings. The fourth-order valence-electron chi connectivity index (χ4n) is 2.96. The van der Waals surface area contributed by atoms with E-state index in [1.807, 2.05) is 0 Å². The number of alkyl halides is 3. The summed E-state index contributed by atoms with van der Waals surface area (Å²) >= 11 is 9.01. The second-order valence-corrected chi connectivity index (χ2v) is 10.4. The van der Waals surface area contributed by atoms with Crippen LogP contribution in [-0.2, 0) is 21.0 Å². The average molecular weight is 589 g/mol. The van der Waals surface area contributed by atoms with Gasteiger partial charge >= 0.3 is 6.18 Å². The smallest absolute Gasteiger partial charge is 0.271 e. The summed E-state index contributed by atoms with van der Waals surface area (Å²) in [5.41, 5.74) is 2.01. The van der Waals surface area contributed by atoms with E-state index in [1.165, 1.54) is 30.5 Å². The number of carbonyl (C=O) groups is 1. The third-order valence-electron chi connectivity index (χ3n) is 4.74. The summed E-state index contributed by atoms with van der Waals surface area (Å²) in [6, 6.07) is 15.3. The molecule has 3 aromatic carbocycles. The standard InChI is InChI=1S/C23H18BrClF3N3O3S/c1-15-6-9-18(10-7-15)35(33,34)31(17-8-11-21(25)19(12-17)23(26,27)28)14-22(32)30-29-13-16-4-2-3-5-20(16)24/h2-13H,14H2,1H3,(H,30,32)/b29-13-. The van der Waals surface area contributed by atoms with E-state index in [2.05, 4.69) is 26.5 Å². The van der Waals surface area contributed by atoms with Crippen molar-refractivity contribution in [3.8, 4) is 0 Å². The van der Waals surface area contributed by atoms with Crippen LogP contribution in [0.4, 0.5) is 18.9 Å². The predicted molar refractivity (Wildman–Crippen MR) is 132 cm³/mol. The van der Waals surface area contributed by atoms with Gasteiger partial charge in [-0.1, -0.05) is 63.4 Å². The van der Waals surface area contributed by atoms with Gasteiger partial charge in [0, 0.05) is 10.0 Å². The fourth-order valence-corrected chi connectivity index (χ4v) is 4.98. The molecule has 0 fully saturated rings. The molecular weight excluding hydrogens is 571 g/mol. The highest BCUT2D eigenvalue weighted by molar-refractivity contribution is 9.10. The minimum atomic E-state index is -4.83. The zero-order valence-electron chi connectivity index (χ0n) is 18.1. The maximum atomic E-state index is 13.4. The second kappa shape index (κ2) is 10.8. The Morgan fingerprint density at radius 2 is 1.77 bits per heavy atom. The van der Waals surface area contributed by atoms with E-state index in [4.69, 9.17) is 11.6 Å². The van der Waals surface area contributed by atoms with E-state index in [-0.39, 0.29) is 10.6 Å². The minimum Gasteiger partial charge on any atom is -0.271 e. The van der Waals surface area contributed by atoms with E-state index < -0.39 is 39.2 Å². The summed E-state index contributed by atoms with van der Waals surface area (Å²) in [6.45, 7) is 0.919. The van der Waals surface area contributed by atoms with Crippen LogP contribution in [0.2, 0.25) is 5.02 Å². The molecule has 0 spiro atoms. The summed E-state index contributed by atoms with van der Waals surface area (Å²) in [4.78, 5) is 12.4. The number of hydrogen-bond acceptors (Lipinski definition) is 4. The molecule has 3 rings (SSSR count). The summed E-state index contributed by atoms with van der Waals surface area (Å²) in [5, 5.41) is 3.21. The van der Waals surface area contributed by atoms with Crippen LogP contribution in [0.1, 0.15) is 16.7 Å². The molecule has 0 bridgehead atoms. The van der Waals surface area contributed by atoms with Gasteiger partial charge in [-0.3, -0.25) is 9.10 Å². The number of carbonyl (C=O) groups excluding carboxylic acids is 1. The Kier molecular flexibility index (Phi) is 8.24. The number of hydrogen-bond donors (Lipinski definition) is 1. The van der Waals surface area contributed by atoms with E-state index in [1.54, 1.807) is 31.2 Å². The van der Waals surface area contributed by atoms with Gasteiger partial charge in [-0.2, -0.15) is 18.3 Å². The number of halogens is 5. The monoisotopic (exact) mass is 587 g/mol. The Labute approximate surface area is 213 Å². The molecule has 0 saturated heterocycles. The van der Waals surface area contributed by atoms with Crippen LogP contribution in [0.3, 0.4) is 0 Å². The Morgan fingerprint density at radius 1 is 1.11 bits per heavy atom. The van der Waals surface area contributed by atoms with Gasteiger partial charge in [0.2, 0.25) is 0 Å². The van der Waals surface area contributed by atoms with Crippen LogP contribution in [0.25, 0.3) is 0 Å². The van der Waals surface area contributed by atoms with Crippen molar-refractivity contribution in [1.82, 2.24) is 5.43 Å². The van der Waals surface area contributed by atoms with Crippen LogP contribution < -0.4 is 9.73 Å². The molecule has 0 aromatic heterocycles. The zero-order chi connectivity index (χ0) is 25.8. The first-order valence-corrected chi connectivity index (χ1v) is 12.5. The lowest BCUT2D eigenvalue weighted by molar-refractivity contribution is -0.137. The number of nitrogens with zero attached hydrogens (tertiary/aromatic N) is 2. The lowest BCUT2D eigenvalue weighted by Gasteiger charge is -2.25. The SMILES string of the molecule is Cc1ccc(S(=O)(=O)N(CC(=O)N/N=C\c2ccccc2Br)c2ccc(Cl)c(C(F)(F)F)c2)cc1. The Hall–Kier alpha value is -2.89. The van der Waals surface area contributed by atoms with E-state index in [0.717, 1.165) is 17.7 Å². The minimum absolute atomic E-state index is 0.198. The summed E-state index contributed by atoms with van der Waals surface area (Å²) in [5.74, 6) is -0.868. The molecule has 12 heteroatoms. The van der Waals surface area contributed by atoms with Crippen molar-refractivity contribution in [2.24, 2.45) is 5.10 Å². The van der Waals surface area contributed by atoms with E-state index in [9.17, 15) is 26.4 Å². The first-order chi connectivity index (χ1) is 16.4. The summed E-state index contributed by atoms with van der Waals surface area (Å²) in [6.07, 6.45) is -3.49. The second-order valence-electron chi connectivity index (χ2n) is 7.30.